The third-order valence-electron chi connectivity index (χ3n) is 3.11. The van der Waals surface area contributed by atoms with Gasteiger partial charge in [-0.05, 0) is 48.2 Å². The van der Waals surface area contributed by atoms with E-state index in [1.165, 1.54) is 5.56 Å². The largest absolute Gasteiger partial charge is 0.488 e. The minimum atomic E-state index is 0.477. The van der Waals surface area contributed by atoms with Crippen molar-refractivity contribution in [3.63, 3.8) is 0 Å². The Morgan fingerprint density at radius 2 is 1.80 bits per heavy atom. The second kappa shape index (κ2) is 6.58. The number of halogens is 1. The Labute approximate surface area is 128 Å². The monoisotopic (exact) mass is 329 g/mol. The molecule has 0 saturated carbocycles. The molecule has 2 rings (SSSR count). The number of ether oxygens (including phenoxy) is 1. The van der Waals surface area contributed by atoms with E-state index in [9.17, 15) is 0 Å². The van der Waals surface area contributed by atoms with Crippen LogP contribution < -0.4 is 4.74 Å². The van der Waals surface area contributed by atoms with Crippen LogP contribution in [0.1, 0.15) is 27.8 Å². The van der Waals surface area contributed by atoms with Crippen molar-refractivity contribution in [3.8, 4) is 11.8 Å². The first-order valence-electron chi connectivity index (χ1n) is 6.42. The van der Waals surface area contributed by atoms with E-state index in [0.29, 0.717) is 12.2 Å². The Hall–Kier alpha value is -1.79. The van der Waals surface area contributed by atoms with E-state index in [0.717, 1.165) is 27.8 Å². The molecule has 102 valence electrons. The van der Waals surface area contributed by atoms with Crippen LogP contribution in [0.5, 0.6) is 5.75 Å². The summed E-state index contributed by atoms with van der Waals surface area (Å²) in [7, 11) is 0. The number of aryl methyl sites for hydroxylation is 2. The van der Waals surface area contributed by atoms with Gasteiger partial charge in [0.15, 0.2) is 0 Å². The van der Waals surface area contributed by atoms with E-state index in [1.807, 2.05) is 18.2 Å². The fourth-order valence-electron chi connectivity index (χ4n) is 2.23. The molecule has 0 aromatic heterocycles. The standard InChI is InChI=1S/C17H16BrNO/c1-12-6-16(9-18)7-13(2)17(12)20-11-15-5-3-4-14(8-15)10-19/h3-8H,9,11H2,1-2H3. The lowest BCUT2D eigenvalue weighted by molar-refractivity contribution is 0.302. The molecule has 0 aliphatic carbocycles. The molecule has 0 aliphatic rings. The first kappa shape index (κ1) is 14.6. The highest BCUT2D eigenvalue weighted by atomic mass is 79.9. The van der Waals surface area contributed by atoms with Gasteiger partial charge in [0.1, 0.15) is 12.4 Å². The Morgan fingerprint density at radius 1 is 1.10 bits per heavy atom. The molecule has 0 aliphatic heterocycles. The summed E-state index contributed by atoms with van der Waals surface area (Å²) in [6, 6.07) is 13.9. The van der Waals surface area contributed by atoms with E-state index in [1.54, 1.807) is 6.07 Å². The number of hydrogen-bond donors (Lipinski definition) is 0. The fraction of sp³-hybridized carbons (Fsp3) is 0.235. The van der Waals surface area contributed by atoms with Crippen molar-refractivity contribution in [1.82, 2.24) is 0 Å². The van der Waals surface area contributed by atoms with Gasteiger partial charge in [0, 0.05) is 5.33 Å². The third-order valence-corrected chi connectivity index (χ3v) is 3.76. The predicted molar refractivity (Wildman–Crippen MR) is 84.0 cm³/mol. The number of alkyl halides is 1. The lowest BCUT2D eigenvalue weighted by atomic mass is 10.1. The van der Waals surface area contributed by atoms with Gasteiger partial charge in [-0.15, -0.1) is 0 Å². The lowest BCUT2D eigenvalue weighted by Crippen LogP contribution is -2.00. The highest BCUT2D eigenvalue weighted by Crippen LogP contribution is 2.26. The minimum absolute atomic E-state index is 0.477. The number of nitriles is 1. The van der Waals surface area contributed by atoms with Crippen LogP contribution in [0.25, 0.3) is 0 Å². The van der Waals surface area contributed by atoms with Crippen LogP contribution in [0, 0.1) is 25.2 Å². The molecule has 2 aromatic carbocycles. The molecule has 0 saturated heterocycles. The van der Waals surface area contributed by atoms with Gasteiger partial charge < -0.3 is 4.74 Å². The van der Waals surface area contributed by atoms with E-state index < -0.39 is 0 Å². The van der Waals surface area contributed by atoms with Crippen LogP contribution in [-0.2, 0) is 11.9 Å². The van der Waals surface area contributed by atoms with Gasteiger partial charge >= 0.3 is 0 Å². The van der Waals surface area contributed by atoms with Gasteiger partial charge in [-0.25, -0.2) is 0 Å². The molecule has 2 aromatic rings. The molecule has 2 nitrogen and oxygen atoms in total. The molecular formula is C17H16BrNO. The van der Waals surface area contributed by atoms with Crippen LogP contribution in [0.15, 0.2) is 36.4 Å². The molecule has 0 atom stereocenters. The van der Waals surface area contributed by atoms with Gasteiger partial charge in [-0.3, -0.25) is 0 Å². The van der Waals surface area contributed by atoms with Crippen molar-refractivity contribution < 1.29 is 4.74 Å². The van der Waals surface area contributed by atoms with Crippen LogP contribution >= 0.6 is 15.9 Å². The fourth-order valence-corrected chi connectivity index (χ4v) is 2.55. The molecule has 0 amide bonds. The Bertz CT molecular complexity index is 635. The topological polar surface area (TPSA) is 33.0 Å². The number of benzene rings is 2. The summed E-state index contributed by atoms with van der Waals surface area (Å²) in [4.78, 5) is 0. The van der Waals surface area contributed by atoms with Crippen LogP contribution in [0.4, 0.5) is 0 Å². The molecule has 0 N–H and O–H groups in total. The molecule has 0 spiro atoms. The maximum atomic E-state index is 8.90. The Morgan fingerprint density at radius 3 is 2.40 bits per heavy atom. The number of hydrogen-bond acceptors (Lipinski definition) is 2. The quantitative estimate of drug-likeness (QED) is 0.765. The number of nitrogens with zero attached hydrogens (tertiary/aromatic N) is 1. The minimum Gasteiger partial charge on any atom is -0.488 e. The zero-order chi connectivity index (χ0) is 14.5. The summed E-state index contributed by atoms with van der Waals surface area (Å²) in [6.45, 7) is 4.59. The van der Waals surface area contributed by atoms with Crippen molar-refractivity contribution >= 4 is 15.9 Å². The second-order valence-electron chi connectivity index (χ2n) is 4.79. The van der Waals surface area contributed by atoms with E-state index in [4.69, 9.17) is 10.00 Å². The maximum Gasteiger partial charge on any atom is 0.125 e. The van der Waals surface area contributed by atoms with Crippen molar-refractivity contribution in [2.75, 3.05) is 0 Å². The maximum absolute atomic E-state index is 8.90. The molecular weight excluding hydrogens is 314 g/mol. The molecule has 0 fully saturated rings. The third kappa shape index (κ3) is 3.40. The SMILES string of the molecule is Cc1cc(CBr)cc(C)c1OCc1cccc(C#N)c1. The average molecular weight is 330 g/mol. The Balaban J connectivity index is 2.17. The summed E-state index contributed by atoms with van der Waals surface area (Å²) >= 11 is 3.47. The van der Waals surface area contributed by atoms with Gasteiger partial charge in [0.25, 0.3) is 0 Å². The van der Waals surface area contributed by atoms with Crippen molar-refractivity contribution in [3.05, 3.63) is 64.2 Å². The predicted octanol–water partition coefficient (Wildman–Crippen LogP) is 4.65. The summed E-state index contributed by atoms with van der Waals surface area (Å²) in [5, 5.41) is 9.74. The van der Waals surface area contributed by atoms with Crippen molar-refractivity contribution in [2.45, 2.75) is 25.8 Å². The van der Waals surface area contributed by atoms with Crippen LogP contribution in [0.2, 0.25) is 0 Å². The summed E-state index contributed by atoms with van der Waals surface area (Å²) < 4.78 is 5.93. The zero-order valence-corrected chi connectivity index (χ0v) is 13.2. The van der Waals surface area contributed by atoms with E-state index in [-0.39, 0.29) is 0 Å². The van der Waals surface area contributed by atoms with Crippen LogP contribution in [0.3, 0.4) is 0 Å². The average Bonchev–Trinajstić information content (AvgIpc) is 2.46. The second-order valence-corrected chi connectivity index (χ2v) is 5.35. The molecule has 0 unspecified atom stereocenters. The first-order chi connectivity index (χ1) is 9.63. The highest BCUT2D eigenvalue weighted by Gasteiger charge is 2.06. The van der Waals surface area contributed by atoms with Crippen molar-refractivity contribution in [1.29, 1.82) is 5.26 Å². The summed E-state index contributed by atoms with van der Waals surface area (Å²) in [5.74, 6) is 0.928. The van der Waals surface area contributed by atoms with Gasteiger partial charge in [-0.1, -0.05) is 40.2 Å². The molecule has 0 radical (unpaired) electrons. The van der Waals surface area contributed by atoms with Gasteiger partial charge in [-0.2, -0.15) is 5.26 Å². The smallest absolute Gasteiger partial charge is 0.125 e. The highest BCUT2D eigenvalue weighted by molar-refractivity contribution is 9.08. The molecule has 20 heavy (non-hydrogen) atoms. The lowest BCUT2D eigenvalue weighted by Gasteiger charge is -2.13. The van der Waals surface area contributed by atoms with E-state index in [2.05, 4.69) is 48.0 Å². The zero-order valence-electron chi connectivity index (χ0n) is 11.6. The van der Waals surface area contributed by atoms with Crippen molar-refractivity contribution in [2.24, 2.45) is 0 Å². The van der Waals surface area contributed by atoms with Crippen LogP contribution in [-0.4, -0.2) is 0 Å². The van der Waals surface area contributed by atoms with Gasteiger partial charge in [0.2, 0.25) is 0 Å². The van der Waals surface area contributed by atoms with Gasteiger partial charge in [0.05, 0.1) is 11.6 Å². The van der Waals surface area contributed by atoms with E-state index >= 15 is 0 Å². The number of rotatable bonds is 4. The normalized spacial score (nSPS) is 10.1. The molecule has 3 heteroatoms. The Kier molecular flexibility index (Phi) is 4.81. The molecule has 0 heterocycles. The summed E-state index contributed by atoms with van der Waals surface area (Å²) in [6.07, 6.45) is 0. The molecule has 0 bridgehead atoms. The summed E-state index contributed by atoms with van der Waals surface area (Å²) in [5.41, 5.74) is 5.19. The first-order valence-corrected chi connectivity index (χ1v) is 7.54.